The number of carbonyl (C=O) groups excluding carboxylic acids is 2. The Labute approximate surface area is 154 Å². The first-order valence-corrected chi connectivity index (χ1v) is 8.93. The number of amides is 2. The van der Waals surface area contributed by atoms with E-state index in [0.717, 1.165) is 32.7 Å². The Morgan fingerprint density at radius 3 is 2.50 bits per heavy atom. The van der Waals surface area contributed by atoms with E-state index in [4.69, 9.17) is 4.74 Å². The van der Waals surface area contributed by atoms with Crippen LogP contribution in [0, 0.1) is 0 Å². The van der Waals surface area contributed by atoms with Crippen LogP contribution in [0.25, 0.3) is 0 Å². The predicted octanol–water partition coefficient (Wildman–Crippen LogP) is 1.16. The van der Waals surface area contributed by atoms with E-state index in [2.05, 4.69) is 25.4 Å². The fourth-order valence-corrected chi connectivity index (χ4v) is 2.64. The topological polar surface area (TPSA) is 86.8 Å². The zero-order valence-corrected chi connectivity index (χ0v) is 15.8. The molecule has 144 valence electrons. The van der Waals surface area contributed by atoms with Gasteiger partial charge in [-0.2, -0.15) is 0 Å². The summed E-state index contributed by atoms with van der Waals surface area (Å²) in [5.74, 6) is -0.0296. The van der Waals surface area contributed by atoms with Crippen molar-refractivity contribution in [2.45, 2.75) is 26.4 Å². The second-order valence-electron chi connectivity index (χ2n) is 7.34. The van der Waals surface area contributed by atoms with E-state index in [1.54, 1.807) is 18.5 Å². The minimum Gasteiger partial charge on any atom is -0.444 e. The van der Waals surface area contributed by atoms with Crippen molar-refractivity contribution in [2.75, 3.05) is 51.1 Å². The maximum Gasteiger partial charge on any atom is 0.407 e. The Morgan fingerprint density at radius 2 is 1.88 bits per heavy atom. The van der Waals surface area contributed by atoms with Gasteiger partial charge in [-0.3, -0.25) is 19.6 Å². The molecule has 1 aliphatic rings. The molecule has 1 saturated heterocycles. The molecule has 2 heterocycles. The average molecular weight is 363 g/mol. The third-order valence-electron chi connectivity index (χ3n) is 3.87. The summed E-state index contributed by atoms with van der Waals surface area (Å²) in [6.07, 6.45) is 2.92. The molecule has 8 heteroatoms. The van der Waals surface area contributed by atoms with E-state index < -0.39 is 5.60 Å². The fourth-order valence-electron chi connectivity index (χ4n) is 2.64. The number of aromatic nitrogens is 1. The van der Waals surface area contributed by atoms with Crippen molar-refractivity contribution in [1.29, 1.82) is 0 Å². The lowest BCUT2D eigenvalue weighted by molar-refractivity contribution is -0.117. The van der Waals surface area contributed by atoms with E-state index in [1.807, 2.05) is 26.8 Å². The Bertz CT molecular complexity index is 580. The molecule has 26 heavy (non-hydrogen) atoms. The number of hydrogen-bond donors (Lipinski definition) is 2. The van der Waals surface area contributed by atoms with Gasteiger partial charge in [0.2, 0.25) is 5.91 Å². The third-order valence-corrected chi connectivity index (χ3v) is 3.87. The summed E-state index contributed by atoms with van der Waals surface area (Å²) in [6, 6.07) is 3.61. The van der Waals surface area contributed by atoms with Gasteiger partial charge < -0.3 is 15.4 Å². The van der Waals surface area contributed by atoms with Gasteiger partial charge in [-0.15, -0.1) is 0 Å². The summed E-state index contributed by atoms with van der Waals surface area (Å²) in [6.45, 7) is 10.6. The second kappa shape index (κ2) is 9.49. The lowest BCUT2D eigenvalue weighted by Gasteiger charge is -2.34. The van der Waals surface area contributed by atoms with Gasteiger partial charge in [-0.25, -0.2) is 4.79 Å². The number of pyridine rings is 1. The van der Waals surface area contributed by atoms with Crippen LogP contribution in [0.3, 0.4) is 0 Å². The van der Waals surface area contributed by atoms with Crippen LogP contribution < -0.4 is 10.6 Å². The summed E-state index contributed by atoms with van der Waals surface area (Å²) in [7, 11) is 0. The van der Waals surface area contributed by atoms with Gasteiger partial charge in [-0.1, -0.05) is 0 Å². The molecule has 1 aromatic rings. The average Bonchev–Trinajstić information content (AvgIpc) is 2.55. The molecule has 1 fully saturated rings. The number of nitrogens with one attached hydrogen (secondary N) is 2. The Kier molecular flexibility index (Phi) is 7.35. The molecule has 2 amide bonds. The van der Waals surface area contributed by atoms with Crippen LogP contribution in [0.15, 0.2) is 24.5 Å². The number of carbonyl (C=O) groups is 2. The molecular formula is C18H29N5O3. The minimum atomic E-state index is -0.480. The highest BCUT2D eigenvalue weighted by Crippen LogP contribution is 2.07. The maximum atomic E-state index is 12.1. The van der Waals surface area contributed by atoms with E-state index in [0.29, 0.717) is 18.8 Å². The maximum absolute atomic E-state index is 12.1. The second-order valence-corrected chi connectivity index (χ2v) is 7.34. The van der Waals surface area contributed by atoms with Crippen molar-refractivity contribution < 1.29 is 14.3 Å². The van der Waals surface area contributed by atoms with Crippen molar-refractivity contribution in [2.24, 2.45) is 0 Å². The van der Waals surface area contributed by atoms with Crippen molar-refractivity contribution in [3.05, 3.63) is 24.5 Å². The van der Waals surface area contributed by atoms with E-state index in [9.17, 15) is 9.59 Å². The van der Waals surface area contributed by atoms with Gasteiger partial charge in [0.1, 0.15) is 5.60 Å². The first-order valence-electron chi connectivity index (χ1n) is 8.93. The molecule has 2 rings (SSSR count). The number of anilines is 1. The number of nitrogens with zero attached hydrogens (tertiary/aromatic N) is 3. The molecule has 0 atom stereocenters. The first kappa shape index (κ1) is 20.1. The molecule has 0 aromatic carbocycles. The highest BCUT2D eigenvalue weighted by Gasteiger charge is 2.20. The van der Waals surface area contributed by atoms with Crippen LogP contribution in [0.4, 0.5) is 10.5 Å². The SMILES string of the molecule is CC(C)(C)OC(=O)NCCN1CCN(CC(=O)Nc2cccnc2)CC1. The van der Waals surface area contributed by atoms with Gasteiger partial charge in [0.05, 0.1) is 18.4 Å². The summed E-state index contributed by atoms with van der Waals surface area (Å²) in [5, 5.41) is 5.62. The van der Waals surface area contributed by atoms with Crippen LogP contribution in [-0.2, 0) is 9.53 Å². The van der Waals surface area contributed by atoms with Crippen molar-refractivity contribution in [3.8, 4) is 0 Å². The molecule has 0 aliphatic carbocycles. The standard InChI is InChI=1S/C18H29N5O3/c1-18(2,3)26-17(25)20-7-8-22-9-11-23(12-10-22)14-16(24)21-15-5-4-6-19-13-15/h4-6,13H,7-12,14H2,1-3H3,(H,20,25)(H,21,24). The summed E-state index contributed by atoms with van der Waals surface area (Å²) in [4.78, 5) is 32.1. The van der Waals surface area contributed by atoms with Crippen molar-refractivity contribution in [1.82, 2.24) is 20.1 Å². The number of piperazine rings is 1. The molecule has 0 radical (unpaired) electrons. The minimum absolute atomic E-state index is 0.0296. The Morgan fingerprint density at radius 1 is 1.19 bits per heavy atom. The van der Waals surface area contributed by atoms with Gasteiger partial charge in [0, 0.05) is 45.5 Å². The first-order chi connectivity index (χ1) is 12.3. The van der Waals surface area contributed by atoms with Gasteiger partial charge >= 0.3 is 6.09 Å². The van der Waals surface area contributed by atoms with Crippen LogP contribution in [-0.4, -0.2) is 78.2 Å². The molecule has 2 N–H and O–H groups in total. The lowest BCUT2D eigenvalue weighted by atomic mass is 10.2. The monoisotopic (exact) mass is 363 g/mol. The lowest BCUT2D eigenvalue weighted by Crippen LogP contribution is -2.50. The van der Waals surface area contributed by atoms with Gasteiger partial charge in [0.15, 0.2) is 0 Å². The Balaban J connectivity index is 1.60. The summed E-state index contributed by atoms with van der Waals surface area (Å²) < 4.78 is 5.21. The number of alkyl carbamates (subject to hydrolysis) is 1. The molecule has 1 aromatic heterocycles. The zero-order chi connectivity index (χ0) is 19.0. The van der Waals surface area contributed by atoms with Crippen LogP contribution in [0.2, 0.25) is 0 Å². The van der Waals surface area contributed by atoms with Gasteiger partial charge in [0.25, 0.3) is 0 Å². The number of ether oxygens (including phenoxy) is 1. The normalized spacial score (nSPS) is 16.1. The molecule has 0 spiro atoms. The van der Waals surface area contributed by atoms with Crippen LogP contribution in [0.5, 0.6) is 0 Å². The molecule has 1 aliphatic heterocycles. The third kappa shape index (κ3) is 7.79. The zero-order valence-electron chi connectivity index (χ0n) is 15.8. The van der Waals surface area contributed by atoms with E-state index in [-0.39, 0.29) is 12.0 Å². The van der Waals surface area contributed by atoms with Gasteiger partial charge in [-0.05, 0) is 32.9 Å². The largest absolute Gasteiger partial charge is 0.444 e. The number of rotatable bonds is 6. The number of hydrogen-bond acceptors (Lipinski definition) is 6. The highest BCUT2D eigenvalue weighted by atomic mass is 16.6. The van der Waals surface area contributed by atoms with E-state index in [1.165, 1.54) is 0 Å². The van der Waals surface area contributed by atoms with Crippen molar-refractivity contribution in [3.63, 3.8) is 0 Å². The summed E-state index contributed by atoms with van der Waals surface area (Å²) in [5.41, 5.74) is 0.232. The predicted molar refractivity (Wildman–Crippen MR) is 100.0 cm³/mol. The smallest absolute Gasteiger partial charge is 0.407 e. The Hall–Kier alpha value is -2.19. The fraction of sp³-hybridized carbons (Fsp3) is 0.611. The molecule has 0 bridgehead atoms. The van der Waals surface area contributed by atoms with Crippen molar-refractivity contribution >= 4 is 17.7 Å². The van der Waals surface area contributed by atoms with Crippen LogP contribution in [0.1, 0.15) is 20.8 Å². The van der Waals surface area contributed by atoms with E-state index >= 15 is 0 Å². The highest BCUT2D eigenvalue weighted by molar-refractivity contribution is 5.92. The summed E-state index contributed by atoms with van der Waals surface area (Å²) >= 11 is 0. The quantitative estimate of drug-likeness (QED) is 0.789. The molecule has 0 unspecified atom stereocenters. The molecular weight excluding hydrogens is 334 g/mol. The van der Waals surface area contributed by atoms with Crippen LogP contribution >= 0.6 is 0 Å². The molecule has 0 saturated carbocycles. The molecule has 8 nitrogen and oxygen atoms in total.